The highest BCUT2D eigenvalue weighted by atomic mass is 35.5. The summed E-state index contributed by atoms with van der Waals surface area (Å²) in [4.78, 5) is 48.1. The van der Waals surface area contributed by atoms with Crippen molar-refractivity contribution >= 4 is 46.4 Å². The quantitative estimate of drug-likeness (QED) is 0.318. The first-order chi connectivity index (χ1) is 18.8. The standard InChI is InChI=1S/C27H27ClN4O5S2/c28-19-9-4-5-11-21(19)38-17-22(33)31-12-6-10-20(31)25-29-26(35)24(34)23-27(36)30(13-14-32(23)25)15-16-39(37)18-7-2-1-3-8-18/h1-5,7-9,11,20,34H,6,10,12-17H2. The summed E-state index contributed by atoms with van der Waals surface area (Å²) in [6.45, 7) is 1.31. The van der Waals surface area contributed by atoms with Gasteiger partial charge in [0.2, 0.25) is 11.7 Å². The second-order valence-electron chi connectivity index (χ2n) is 9.24. The molecule has 204 valence electrons. The van der Waals surface area contributed by atoms with Crippen LogP contribution in [0.1, 0.15) is 35.2 Å². The monoisotopic (exact) mass is 586 g/mol. The zero-order chi connectivity index (χ0) is 27.5. The van der Waals surface area contributed by atoms with E-state index in [4.69, 9.17) is 11.6 Å². The number of benzene rings is 2. The van der Waals surface area contributed by atoms with Gasteiger partial charge in [-0.2, -0.15) is 4.98 Å². The molecule has 39 heavy (non-hydrogen) atoms. The predicted molar refractivity (Wildman–Crippen MR) is 150 cm³/mol. The maximum absolute atomic E-state index is 13.4. The SMILES string of the molecule is O=C1c2c(O)c(=O)nc(C3CCCN3C(=O)CSc3ccccc3Cl)n2CCN1CC[S+]([O-])c1ccccc1. The number of likely N-dealkylation sites (tertiary alicyclic amines) is 1. The molecule has 12 heteroatoms. The van der Waals surface area contributed by atoms with Gasteiger partial charge in [-0.25, -0.2) is 0 Å². The third kappa shape index (κ3) is 5.81. The van der Waals surface area contributed by atoms with Gasteiger partial charge in [0.25, 0.3) is 5.91 Å². The van der Waals surface area contributed by atoms with E-state index in [1.165, 1.54) is 16.7 Å². The van der Waals surface area contributed by atoms with Gasteiger partial charge in [-0.3, -0.25) is 14.4 Å². The van der Waals surface area contributed by atoms with E-state index in [1.54, 1.807) is 39.8 Å². The van der Waals surface area contributed by atoms with Gasteiger partial charge in [0.15, 0.2) is 10.6 Å². The first kappa shape index (κ1) is 27.6. The smallest absolute Gasteiger partial charge is 0.315 e. The van der Waals surface area contributed by atoms with E-state index >= 15 is 0 Å². The minimum absolute atomic E-state index is 0.119. The van der Waals surface area contributed by atoms with Gasteiger partial charge < -0.3 is 24.0 Å². The molecule has 2 amide bonds. The van der Waals surface area contributed by atoms with Crippen molar-refractivity contribution in [1.82, 2.24) is 19.4 Å². The second-order valence-corrected chi connectivity index (χ2v) is 12.2. The summed E-state index contributed by atoms with van der Waals surface area (Å²) >= 11 is 6.28. The number of aromatic nitrogens is 2. The zero-order valence-electron chi connectivity index (χ0n) is 21.0. The molecule has 2 unspecified atom stereocenters. The summed E-state index contributed by atoms with van der Waals surface area (Å²) in [6.07, 6.45) is 1.32. The Morgan fingerprint density at radius 3 is 2.62 bits per heavy atom. The molecule has 2 aromatic carbocycles. The molecule has 1 aromatic heterocycles. The maximum Gasteiger partial charge on any atom is 0.315 e. The predicted octanol–water partition coefficient (Wildman–Crippen LogP) is 3.32. The number of halogens is 1. The fourth-order valence-corrected chi connectivity index (χ4v) is 7.15. The molecule has 0 saturated carbocycles. The van der Waals surface area contributed by atoms with Gasteiger partial charge >= 0.3 is 5.56 Å². The Labute approximate surface area is 238 Å². The Kier molecular flexibility index (Phi) is 8.51. The number of carbonyl (C=O) groups is 2. The topological polar surface area (TPSA) is 119 Å². The van der Waals surface area contributed by atoms with Crippen LogP contribution in [0.4, 0.5) is 0 Å². The molecule has 0 spiro atoms. The molecule has 2 aliphatic heterocycles. The van der Waals surface area contributed by atoms with Crippen molar-refractivity contribution in [3.05, 3.63) is 81.5 Å². The van der Waals surface area contributed by atoms with E-state index in [0.717, 1.165) is 11.3 Å². The zero-order valence-corrected chi connectivity index (χ0v) is 23.4. The lowest BCUT2D eigenvalue weighted by Gasteiger charge is -2.33. The molecular formula is C27H27ClN4O5S2. The summed E-state index contributed by atoms with van der Waals surface area (Å²) in [5, 5.41) is 11.1. The lowest BCUT2D eigenvalue weighted by Crippen LogP contribution is -2.46. The van der Waals surface area contributed by atoms with Gasteiger partial charge in [0.05, 0.1) is 23.4 Å². The van der Waals surface area contributed by atoms with Crippen LogP contribution in [0.15, 0.2) is 69.2 Å². The van der Waals surface area contributed by atoms with Crippen LogP contribution in [0.5, 0.6) is 5.75 Å². The minimum Gasteiger partial charge on any atom is -0.611 e. The van der Waals surface area contributed by atoms with Crippen molar-refractivity contribution in [3.8, 4) is 5.75 Å². The van der Waals surface area contributed by atoms with E-state index in [1.807, 2.05) is 24.3 Å². The van der Waals surface area contributed by atoms with Gasteiger partial charge in [-0.15, -0.1) is 11.8 Å². The third-order valence-electron chi connectivity index (χ3n) is 6.88. The van der Waals surface area contributed by atoms with E-state index in [-0.39, 0.29) is 29.7 Å². The first-order valence-electron chi connectivity index (χ1n) is 12.6. The number of rotatable bonds is 8. The number of nitrogens with zero attached hydrogens (tertiary/aromatic N) is 4. The number of amides is 2. The Morgan fingerprint density at radius 2 is 1.85 bits per heavy atom. The summed E-state index contributed by atoms with van der Waals surface area (Å²) in [6, 6.07) is 15.8. The highest BCUT2D eigenvalue weighted by Crippen LogP contribution is 2.35. The highest BCUT2D eigenvalue weighted by Gasteiger charge is 2.38. The number of thioether (sulfide) groups is 1. The van der Waals surface area contributed by atoms with Gasteiger partial charge in [0.1, 0.15) is 11.6 Å². The number of aromatic hydroxyl groups is 1. The molecule has 1 fully saturated rings. The van der Waals surface area contributed by atoms with Crippen LogP contribution in [-0.2, 0) is 22.5 Å². The van der Waals surface area contributed by atoms with Crippen molar-refractivity contribution in [1.29, 1.82) is 0 Å². The normalized spacial score (nSPS) is 17.8. The van der Waals surface area contributed by atoms with Crippen molar-refractivity contribution in [2.45, 2.75) is 35.2 Å². The summed E-state index contributed by atoms with van der Waals surface area (Å²) in [5.74, 6) is -0.640. The van der Waals surface area contributed by atoms with E-state index < -0.39 is 34.4 Å². The van der Waals surface area contributed by atoms with Gasteiger partial charge in [0, 0.05) is 24.5 Å². The summed E-state index contributed by atoms with van der Waals surface area (Å²) < 4.78 is 14.2. The molecule has 3 aromatic rings. The maximum atomic E-state index is 13.4. The van der Waals surface area contributed by atoms with Crippen molar-refractivity contribution in [3.63, 3.8) is 0 Å². The largest absolute Gasteiger partial charge is 0.611 e. The summed E-state index contributed by atoms with van der Waals surface area (Å²) in [7, 11) is 0. The minimum atomic E-state index is -1.29. The van der Waals surface area contributed by atoms with Crippen LogP contribution < -0.4 is 5.56 Å². The average Bonchev–Trinajstić information content (AvgIpc) is 3.44. The lowest BCUT2D eigenvalue weighted by atomic mass is 10.1. The number of hydrogen-bond acceptors (Lipinski definition) is 7. The van der Waals surface area contributed by atoms with E-state index in [9.17, 15) is 24.0 Å². The Balaban J connectivity index is 1.34. The van der Waals surface area contributed by atoms with E-state index in [2.05, 4.69) is 4.98 Å². The highest BCUT2D eigenvalue weighted by molar-refractivity contribution is 8.00. The van der Waals surface area contributed by atoms with Crippen molar-refractivity contribution in [2.24, 2.45) is 0 Å². The molecule has 0 radical (unpaired) electrons. The molecule has 0 bridgehead atoms. The fraction of sp³-hybridized carbons (Fsp3) is 0.333. The van der Waals surface area contributed by atoms with E-state index in [0.29, 0.717) is 41.8 Å². The molecule has 1 saturated heterocycles. The molecular weight excluding hydrogens is 560 g/mol. The van der Waals surface area contributed by atoms with Crippen LogP contribution >= 0.6 is 23.4 Å². The molecule has 2 aliphatic rings. The summed E-state index contributed by atoms with van der Waals surface area (Å²) in [5.41, 5.74) is -1.03. The third-order valence-corrected chi connectivity index (χ3v) is 9.74. The second kappa shape index (κ2) is 12.0. The van der Waals surface area contributed by atoms with Gasteiger partial charge in [-0.1, -0.05) is 41.9 Å². The number of fused-ring (bicyclic) bond motifs is 1. The first-order valence-corrected chi connectivity index (χ1v) is 15.3. The molecule has 0 aliphatic carbocycles. The van der Waals surface area contributed by atoms with Crippen LogP contribution in [0, 0.1) is 0 Å². The lowest BCUT2D eigenvalue weighted by molar-refractivity contribution is -0.129. The Morgan fingerprint density at radius 1 is 1.10 bits per heavy atom. The average molecular weight is 587 g/mol. The number of hydrogen-bond donors (Lipinski definition) is 1. The molecule has 3 heterocycles. The molecule has 1 N–H and O–H groups in total. The van der Waals surface area contributed by atoms with Crippen molar-refractivity contribution in [2.75, 3.05) is 31.1 Å². The van der Waals surface area contributed by atoms with Crippen LogP contribution in [0.2, 0.25) is 5.02 Å². The molecule has 2 atom stereocenters. The Bertz CT molecular complexity index is 1440. The molecule has 9 nitrogen and oxygen atoms in total. The van der Waals surface area contributed by atoms with Crippen LogP contribution in [0.3, 0.4) is 0 Å². The van der Waals surface area contributed by atoms with Gasteiger partial charge in [-0.05, 0) is 48.3 Å². The fourth-order valence-electron chi connectivity index (χ4n) is 4.94. The van der Waals surface area contributed by atoms with Crippen molar-refractivity contribution < 1.29 is 19.2 Å². The van der Waals surface area contributed by atoms with Crippen LogP contribution in [-0.4, -0.2) is 72.0 Å². The van der Waals surface area contributed by atoms with Crippen LogP contribution in [0.25, 0.3) is 0 Å². The molecule has 5 rings (SSSR count). The number of carbonyl (C=O) groups excluding carboxylic acids is 2. The Hall–Kier alpha value is -2.99.